The van der Waals surface area contributed by atoms with Crippen molar-refractivity contribution in [3.63, 3.8) is 0 Å². The summed E-state index contributed by atoms with van der Waals surface area (Å²) in [7, 11) is 0. The third kappa shape index (κ3) is 6.27. The fraction of sp³-hybridized carbons (Fsp3) is 0.0667. The van der Waals surface area contributed by atoms with Gasteiger partial charge in [0.05, 0.1) is 0 Å². The molecule has 0 bridgehead atoms. The number of hydrogen-bond donors (Lipinski definition) is 1. The lowest BCUT2D eigenvalue weighted by Crippen LogP contribution is -2.06. The fourth-order valence-corrected chi connectivity index (χ4v) is 6.62. The molecule has 0 radical (unpaired) electrons. The Kier molecular flexibility index (Phi) is 8.56. The first-order valence-electron chi connectivity index (χ1n) is 16.0. The number of phenolic OH excluding ortho intramolecular Hbond substituents is 1. The summed E-state index contributed by atoms with van der Waals surface area (Å²) < 4.78 is 0. The molecular weight excluding hydrogens is 556 g/mol. The van der Waals surface area contributed by atoms with Crippen molar-refractivity contribution in [2.24, 2.45) is 0 Å². The molecule has 0 aliphatic rings. The Morgan fingerprint density at radius 3 is 1.07 bits per heavy atom. The van der Waals surface area contributed by atoms with Crippen molar-refractivity contribution in [1.82, 2.24) is 0 Å². The lowest BCUT2D eigenvalue weighted by atomic mass is 9.84. The van der Waals surface area contributed by atoms with E-state index in [0.29, 0.717) is 18.6 Å². The van der Waals surface area contributed by atoms with Crippen LogP contribution in [0, 0.1) is 0 Å². The van der Waals surface area contributed by atoms with E-state index in [0.717, 1.165) is 12.0 Å². The van der Waals surface area contributed by atoms with E-state index in [4.69, 9.17) is 0 Å². The van der Waals surface area contributed by atoms with Gasteiger partial charge >= 0.3 is 0 Å². The summed E-state index contributed by atoms with van der Waals surface area (Å²) in [6.45, 7) is 0. The van der Waals surface area contributed by atoms with Gasteiger partial charge in [-0.25, -0.2) is 0 Å². The Balaban J connectivity index is 1.37. The Morgan fingerprint density at radius 1 is 0.283 bits per heavy atom. The second-order valence-corrected chi connectivity index (χ2v) is 11.8. The van der Waals surface area contributed by atoms with E-state index >= 15 is 0 Å². The van der Waals surface area contributed by atoms with E-state index in [-0.39, 0.29) is 0 Å². The molecule has 0 aliphatic heterocycles. The molecule has 46 heavy (non-hydrogen) atoms. The molecule has 0 aromatic heterocycles. The van der Waals surface area contributed by atoms with Crippen LogP contribution in [0.5, 0.6) is 5.75 Å². The maximum Gasteiger partial charge on any atom is 0.119 e. The molecule has 7 rings (SSSR count). The molecule has 0 fully saturated rings. The van der Waals surface area contributed by atoms with Crippen LogP contribution in [0.1, 0.15) is 33.4 Å². The number of hydrogen-bond acceptors (Lipinski definition) is 1. The highest BCUT2D eigenvalue weighted by Gasteiger charge is 2.19. The summed E-state index contributed by atoms with van der Waals surface area (Å²) in [5, 5.41) is 11.6. The van der Waals surface area contributed by atoms with Crippen molar-refractivity contribution in [2.75, 3.05) is 0 Å². The van der Waals surface area contributed by atoms with Crippen LogP contribution in [0.15, 0.2) is 176 Å². The molecule has 222 valence electrons. The highest BCUT2D eigenvalue weighted by molar-refractivity contribution is 5.71. The molecule has 1 nitrogen and oxygen atoms in total. The molecule has 0 atom stereocenters. The van der Waals surface area contributed by atoms with Crippen molar-refractivity contribution in [1.29, 1.82) is 0 Å². The van der Waals surface area contributed by atoms with Gasteiger partial charge in [-0.3, -0.25) is 0 Å². The van der Waals surface area contributed by atoms with Gasteiger partial charge in [0.2, 0.25) is 0 Å². The number of rotatable bonds is 9. The van der Waals surface area contributed by atoms with E-state index in [1.54, 1.807) is 0 Å². The molecule has 0 heterocycles. The van der Waals surface area contributed by atoms with E-state index < -0.39 is 0 Å². The summed E-state index contributed by atoms with van der Waals surface area (Å²) in [6, 6.07) is 61.7. The van der Waals surface area contributed by atoms with E-state index in [1.165, 1.54) is 61.2 Å². The van der Waals surface area contributed by atoms with E-state index in [1.807, 2.05) is 6.07 Å². The van der Waals surface area contributed by atoms with Crippen molar-refractivity contribution in [3.05, 3.63) is 209 Å². The van der Waals surface area contributed by atoms with Gasteiger partial charge in [-0.15, -0.1) is 0 Å². The lowest BCUT2D eigenvalue weighted by Gasteiger charge is -2.21. The maximum atomic E-state index is 11.6. The molecule has 1 N–H and O–H groups in total. The van der Waals surface area contributed by atoms with Gasteiger partial charge in [0, 0.05) is 12.0 Å². The van der Waals surface area contributed by atoms with Crippen molar-refractivity contribution in [3.8, 4) is 39.1 Å². The number of phenols is 1. The highest BCUT2D eigenvalue weighted by Crippen LogP contribution is 2.36. The Morgan fingerprint density at radius 2 is 0.630 bits per heavy atom. The van der Waals surface area contributed by atoms with E-state index in [9.17, 15) is 5.11 Å². The molecule has 0 spiro atoms. The topological polar surface area (TPSA) is 20.2 Å². The van der Waals surface area contributed by atoms with Gasteiger partial charge in [0.25, 0.3) is 0 Å². The van der Waals surface area contributed by atoms with Crippen LogP contribution >= 0.6 is 0 Å². The molecule has 0 unspecified atom stereocenters. The average molecular weight is 593 g/mol. The normalized spacial score (nSPS) is 11.0. The molecule has 7 aromatic carbocycles. The van der Waals surface area contributed by atoms with Crippen LogP contribution in [0.4, 0.5) is 0 Å². The molecule has 0 saturated heterocycles. The molecule has 1 heteroatoms. The Bertz CT molecular complexity index is 2060. The maximum absolute atomic E-state index is 11.6. The standard InChI is InChI=1S/C45H36O/c46-45-29-28-39(30-36-22-10-13-25-40(36)33-16-4-1-5-17-33)43(31-37-23-11-14-26-41(37)34-18-6-2-7-19-34)44(45)32-38-24-12-15-27-42(38)35-20-8-3-9-21-35/h1-29,46H,30-32H2. The lowest BCUT2D eigenvalue weighted by molar-refractivity contribution is 0.468. The molecule has 7 aromatic rings. The zero-order valence-corrected chi connectivity index (χ0v) is 25.8. The van der Waals surface area contributed by atoms with Crippen molar-refractivity contribution >= 4 is 0 Å². The first-order chi connectivity index (χ1) is 22.7. The summed E-state index contributed by atoms with van der Waals surface area (Å²) in [5.41, 5.74) is 14.4. The summed E-state index contributed by atoms with van der Waals surface area (Å²) in [4.78, 5) is 0. The van der Waals surface area contributed by atoms with Gasteiger partial charge in [0.1, 0.15) is 5.75 Å². The van der Waals surface area contributed by atoms with Gasteiger partial charge in [-0.05, 0) is 80.1 Å². The second-order valence-electron chi connectivity index (χ2n) is 11.8. The van der Waals surface area contributed by atoms with Gasteiger partial charge in [-0.1, -0.05) is 170 Å². The zero-order chi connectivity index (χ0) is 31.1. The largest absolute Gasteiger partial charge is 0.508 e. The predicted octanol–water partition coefficient (Wildman–Crippen LogP) is 11.2. The Labute approximate surface area is 272 Å². The van der Waals surface area contributed by atoms with Gasteiger partial charge < -0.3 is 5.11 Å². The minimum absolute atomic E-state index is 0.343. The quantitative estimate of drug-likeness (QED) is 0.177. The van der Waals surface area contributed by atoms with Gasteiger partial charge in [-0.2, -0.15) is 0 Å². The van der Waals surface area contributed by atoms with Crippen LogP contribution in [0.25, 0.3) is 33.4 Å². The summed E-state index contributed by atoms with van der Waals surface area (Å²) in [6.07, 6.45) is 2.11. The predicted molar refractivity (Wildman–Crippen MR) is 192 cm³/mol. The minimum Gasteiger partial charge on any atom is -0.508 e. The zero-order valence-electron chi connectivity index (χ0n) is 25.8. The van der Waals surface area contributed by atoms with Crippen molar-refractivity contribution in [2.45, 2.75) is 19.3 Å². The molecule has 0 saturated carbocycles. The van der Waals surface area contributed by atoms with Crippen LogP contribution in [-0.2, 0) is 19.3 Å². The highest BCUT2D eigenvalue weighted by atomic mass is 16.3. The first kappa shape index (κ1) is 29.1. The van der Waals surface area contributed by atoms with Crippen LogP contribution in [0.3, 0.4) is 0 Å². The fourth-order valence-electron chi connectivity index (χ4n) is 6.62. The van der Waals surface area contributed by atoms with Gasteiger partial charge in [0.15, 0.2) is 0 Å². The first-order valence-corrected chi connectivity index (χ1v) is 16.0. The summed E-state index contributed by atoms with van der Waals surface area (Å²) >= 11 is 0. The van der Waals surface area contributed by atoms with Crippen molar-refractivity contribution < 1.29 is 5.11 Å². The van der Waals surface area contributed by atoms with Crippen LogP contribution in [0.2, 0.25) is 0 Å². The minimum atomic E-state index is 0.343. The molecule has 0 aliphatic carbocycles. The number of benzene rings is 7. The van der Waals surface area contributed by atoms with E-state index in [2.05, 4.69) is 170 Å². The third-order valence-corrected chi connectivity index (χ3v) is 8.93. The average Bonchev–Trinajstić information content (AvgIpc) is 3.12. The Hall–Kier alpha value is -5.66. The number of aromatic hydroxyl groups is 1. The second kappa shape index (κ2) is 13.5. The SMILES string of the molecule is Oc1ccc(Cc2ccccc2-c2ccccc2)c(Cc2ccccc2-c2ccccc2)c1Cc1ccccc1-c1ccccc1. The smallest absolute Gasteiger partial charge is 0.119 e. The summed E-state index contributed by atoms with van der Waals surface area (Å²) in [5.74, 6) is 0.343. The van der Waals surface area contributed by atoms with Crippen LogP contribution in [-0.4, -0.2) is 5.11 Å². The third-order valence-electron chi connectivity index (χ3n) is 8.93. The molecule has 0 amide bonds. The molecular formula is C45H36O. The van der Waals surface area contributed by atoms with Crippen LogP contribution < -0.4 is 0 Å². The monoisotopic (exact) mass is 592 g/mol.